The van der Waals surface area contributed by atoms with Crippen LogP contribution in [0.4, 0.5) is 5.69 Å². The van der Waals surface area contributed by atoms with Crippen molar-refractivity contribution >= 4 is 33.4 Å². The highest BCUT2D eigenvalue weighted by Gasteiger charge is 2.44. The van der Waals surface area contributed by atoms with Crippen LogP contribution in [0.1, 0.15) is 39.0 Å². The van der Waals surface area contributed by atoms with Crippen LogP contribution in [0, 0.1) is 6.92 Å². The third-order valence-electron chi connectivity index (χ3n) is 6.59. The summed E-state index contributed by atoms with van der Waals surface area (Å²) in [4.78, 5) is 29.2. The highest BCUT2D eigenvalue weighted by Crippen LogP contribution is 2.47. The van der Waals surface area contributed by atoms with Gasteiger partial charge < -0.3 is 29.2 Å². The fourth-order valence-corrected chi connectivity index (χ4v) is 5.31. The summed E-state index contributed by atoms with van der Waals surface area (Å²) in [5.41, 5.74) is 3.32. The third kappa shape index (κ3) is 4.83. The van der Waals surface area contributed by atoms with E-state index in [0.717, 1.165) is 15.6 Å². The number of carbonyl (C=O) groups excluding carboxylic acids is 2. The first-order valence-electron chi connectivity index (χ1n) is 11.6. The minimum Gasteiger partial charge on any atom is -0.493 e. The van der Waals surface area contributed by atoms with Crippen molar-refractivity contribution in [3.05, 3.63) is 75.3 Å². The summed E-state index contributed by atoms with van der Waals surface area (Å²) < 4.78 is 22.6. The van der Waals surface area contributed by atoms with Gasteiger partial charge in [-0.25, -0.2) is 0 Å². The molecule has 3 aromatic carbocycles. The van der Waals surface area contributed by atoms with Crippen molar-refractivity contribution in [3.8, 4) is 23.0 Å². The predicted molar refractivity (Wildman–Crippen MR) is 144 cm³/mol. The number of nitrogens with zero attached hydrogens (tertiary/aromatic N) is 1. The van der Waals surface area contributed by atoms with Gasteiger partial charge in [-0.05, 0) is 75.9 Å². The zero-order valence-corrected chi connectivity index (χ0v) is 23.1. The second-order valence-electron chi connectivity index (χ2n) is 8.72. The van der Waals surface area contributed by atoms with E-state index in [0.29, 0.717) is 39.8 Å². The number of hydrogen-bond acceptors (Lipinski definition) is 6. The van der Waals surface area contributed by atoms with Crippen LogP contribution in [0.3, 0.4) is 0 Å². The molecule has 194 valence electrons. The van der Waals surface area contributed by atoms with Gasteiger partial charge >= 0.3 is 0 Å². The number of likely N-dealkylation sites (N-methyl/N-ethyl adjacent to an activating group) is 1. The molecule has 1 N–H and O–H groups in total. The van der Waals surface area contributed by atoms with Crippen molar-refractivity contribution in [2.75, 3.05) is 40.8 Å². The van der Waals surface area contributed by atoms with Crippen LogP contribution in [0.15, 0.2) is 53.0 Å². The largest absolute Gasteiger partial charge is 0.493 e. The Morgan fingerprint density at radius 1 is 0.865 bits per heavy atom. The number of ether oxygens (including phenoxy) is 4. The van der Waals surface area contributed by atoms with Crippen LogP contribution in [0.25, 0.3) is 0 Å². The molecule has 0 bridgehead atoms. The van der Waals surface area contributed by atoms with Crippen LogP contribution in [0.5, 0.6) is 23.0 Å². The maximum atomic E-state index is 14.0. The number of hydrogen-bond donors (Lipinski definition) is 1. The molecule has 0 saturated carbocycles. The minimum absolute atomic E-state index is 0.240. The van der Waals surface area contributed by atoms with Crippen molar-refractivity contribution in [2.24, 2.45) is 0 Å². The van der Waals surface area contributed by atoms with Gasteiger partial charge in [-0.2, -0.15) is 0 Å². The van der Waals surface area contributed by atoms with Crippen LogP contribution in [-0.4, -0.2) is 52.2 Å². The summed E-state index contributed by atoms with van der Waals surface area (Å²) in [7, 11) is 7.81. The lowest BCUT2D eigenvalue weighted by Crippen LogP contribution is -2.44. The number of rotatable bonds is 7. The molecule has 0 fully saturated rings. The third-order valence-corrected chi connectivity index (χ3v) is 7.24. The van der Waals surface area contributed by atoms with Crippen LogP contribution in [0.2, 0.25) is 0 Å². The Hall–Kier alpha value is -3.72. The number of fused-ring (bicyclic) bond motifs is 1. The normalized spacial score (nSPS) is 16.6. The molecule has 4 rings (SSSR count). The maximum absolute atomic E-state index is 14.0. The Bertz CT molecular complexity index is 1360. The second-order valence-corrected chi connectivity index (χ2v) is 9.57. The van der Waals surface area contributed by atoms with Gasteiger partial charge in [0.15, 0.2) is 23.0 Å². The van der Waals surface area contributed by atoms with Gasteiger partial charge in [-0.1, -0.05) is 12.1 Å². The van der Waals surface area contributed by atoms with E-state index in [1.165, 1.54) is 14.2 Å². The second kappa shape index (κ2) is 10.7. The number of anilines is 1. The van der Waals surface area contributed by atoms with E-state index in [1.54, 1.807) is 50.4 Å². The molecule has 0 spiro atoms. The fourth-order valence-electron chi connectivity index (χ4n) is 4.72. The smallest absolute Gasteiger partial charge is 0.254 e. The molecule has 1 aliphatic rings. The van der Waals surface area contributed by atoms with Gasteiger partial charge in [-0.15, -0.1) is 0 Å². The lowest BCUT2D eigenvalue weighted by molar-refractivity contribution is -0.119. The molecule has 9 heteroatoms. The van der Waals surface area contributed by atoms with E-state index >= 15 is 0 Å². The molecule has 2 atom stereocenters. The average molecular weight is 569 g/mol. The zero-order chi connectivity index (χ0) is 26.9. The van der Waals surface area contributed by atoms with Gasteiger partial charge in [0, 0.05) is 17.1 Å². The number of methoxy groups -OCH3 is 4. The molecular weight excluding hydrogens is 540 g/mol. The Morgan fingerprint density at radius 2 is 1.49 bits per heavy atom. The molecule has 8 nitrogen and oxygen atoms in total. The summed E-state index contributed by atoms with van der Waals surface area (Å²) in [6, 6.07) is 13.8. The zero-order valence-electron chi connectivity index (χ0n) is 21.5. The van der Waals surface area contributed by atoms with E-state index in [2.05, 4.69) is 21.2 Å². The summed E-state index contributed by atoms with van der Waals surface area (Å²) in [5, 5.41) is 3.05. The monoisotopic (exact) mass is 568 g/mol. The summed E-state index contributed by atoms with van der Waals surface area (Å²) in [6.45, 7) is 1.97. The Balaban J connectivity index is 1.91. The maximum Gasteiger partial charge on any atom is 0.254 e. The Morgan fingerprint density at radius 3 is 2.11 bits per heavy atom. The highest BCUT2D eigenvalue weighted by atomic mass is 79.9. The molecule has 2 amide bonds. The molecular formula is C28H29BrN2O6. The molecule has 0 saturated heterocycles. The molecule has 1 heterocycles. The number of amides is 2. The molecule has 0 radical (unpaired) electrons. The Labute approximate surface area is 224 Å². The molecule has 1 aliphatic heterocycles. The number of carbonyl (C=O) groups is 2. The standard InChI is InChI=1S/C28H29BrN2O6/c1-15-7-9-20(19(29)11-15)30-27(32)25-17-13-23(36-5)24(37-6)14-18(17)28(33)31(2)26(25)16-8-10-21(34-3)22(12-16)35-4/h7-14,25-26H,1-6H3,(H,30,32)/t25-,26+/m1/s1. The first-order valence-corrected chi connectivity index (χ1v) is 12.3. The van der Waals surface area contributed by atoms with Gasteiger partial charge in [0.05, 0.1) is 46.1 Å². The molecule has 37 heavy (non-hydrogen) atoms. The Kier molecular flexibility index (Phi) is 7.63. The SMILES string of the molecule is COc1ccc([C@H]2[C@H](C(=O)Nc3ccc(C)cc3Br)c3cc(OC)c(OC)cc3C(=O)N2C)cc1OC. The van der Waals surface area contributed by atoms with Gasteiger partial charge in [0.25, 0.3) is 5.91 Å². The summed E-state index contributed by atoms with van der Waals surface area (Å²) in [6.07, 6.45) is 0. The van der Waals surface area contributed by atoms with E-state index < -0.39 is 12.0 Å². The van der Waals surface area contributed by atoms with Crippen molar-refractivity contribution in [3.63, 3.8) is 0 Å². The number of benzene rings is 3. The number of halogens is 1. The van der Waals surface area contributed by atoms with Crippen LogP contribution < -0.4 is 24.3 Å². The van der Waals surface area contributed by atoms with Crippen LogP contribution >= 0.6 is 15.9 Å². The van der Waals surface area contributed by atoms with E-state index in [9.17, 15) is 9.59 Å². The number of aryl methyl sites for hydroxylation is 1. The topological polar surface area (TPSA) is 86.3 Å². The summed E-state index contributed by atoms with van der Waals surface area (Å²) >= 11 is 3.54. The molecule has 0 unspecified atom stereocenters. The summed E-state index contributed by atoms with van der Waals surface area (Å²) in [5.74, 6) is 0.594. The minimum atomic E-state index is -0.774. The van der Waals surface area contributed by atoms with Gasteiger partial charge in [-0.3, -0.25) is 9.59 Å². The number of nitrogens with one attached hydrogen (secondary N) is 1. The first-order chi connectivity index (χ1) is 17.7. The van der Waals surface area contributed by atoms with Gasteiger partial charge in [0.1, 0.15) is 0 Å². The lowest BCUT2D eigenvalue weighted by Gasteiger charge is -2.40. The highest BCUT2D eigenvalue weighted by molar-refractivity contribution is 9.10. The van der Waals surface area contributed by atoms with Crippen LogP contribution in [-0.2, 0) is 4.79 Å². The van der Waals surface area contributed by atoms with Gasteiger partial charge in [0.2, 0.25) is 5.91 Å². The molecule has 0 aliphatic carbocycles. The first kappa shape index (κ1) is 26.3. The van der Waals surface area contributed by atoms with E-state index in [-0.39, 0.29) is 11.8 Å². The van der Waals surface area contributed by atoms with E-state index in [1.807, 2.05) is 31.2 Å². The lowest BCUT2D eigenvalue weighted by atomic mass is 9.79. The van der Waals surface area contributed by atoms with Crippen molar-refractivity contribution < 1.29 is 28.5 Å². The average Bonchev–Trinajstić information content (AvgIpc) is 2.90. The predicted octanol–water partition coefficient (Wildman–Crippen LogP) is 5.34. The van der Waals surface area contributed by atoms with E-state index in [4.69, 9.17) is 18.9 Å². The quantitative estimate of drug-likeness (QED) is 0.414. The fraction of sp³-hybridized carbons (Fsp3) is 0.286. The molecule has 3 aromatic rings. The van der Waals surface area contributed by atoms with Crippen molar-refractivity contribution in [1.82, 2.24) is 4.90 Å². The van der Waals surface area contributed by atoms with Crippen molar-refractivity contribution in [2.45, 2.75) is 18.9 Å². The molecule has 0 aromatic heterocycles. The van der Waals surface area contributed by atoms with Crippen molar-refractivity contribution in [1.29, 1.82) is 0 Å².